The number of rotatable bonds is 17. The summed E-state index contributed by atoms with van der Waals surface area (Å²) in [6.07, 6.45) is 6.83. The van der Waals surface area contributed by atoms with Crippen LogP contribution in [0.3, 0.4) is 0 Å². The average Bonchev–Trinajstić information content (AvgIpc) is 3.86. The normalized spacial score (nSPS) is 13.3. The van der Waals surface area contributed by atoms with E-state index in [9.17, 15) is 0 Å². The van der Waals surface area contributed by atoms with Crippen LogP contribution < -0.4 is 37.9 Å². The molecular formula is C59H49IO8. The van der Waals surface area contributed by atoms with Crippen LogP contribution in [0.15, 0.2) is 194 Å². The number of ether oxygens (including phenoxy) is 8. The van der Waals surface area contributed by atoms with Crippen molar-refractivity contribution in [2.24, 2.45) is 5.92 Å². The van der Waals surface area contributed by atoms with Crippen molar-refractivity contribution in [3.05, 3.63) is 220 Å². The lowest BCUT2D eigenvalue weighted by atomic mass is 9.79. The van der Waals surface area contributed by atoms with Crippen molar-refractivity contribution in [1.82, 2.24) is 0 Å². The maximum atomic E-state index is 6.92. The Morgan fingerprint density at radius 2 is 0.794 bits per heavy atom. The zero-order valence-electron chi connectivity index (χ0n) is 38.3. The van der Waals surface area contributed by atoms with Gasteiger partial charge in [-0.15, -0.1) is 0 Å². The first-order valence-electron chi connectivity index (χ1n) is 22.1. The minimum absolute atomic E-state index is 0.121. The summed E-state index contributed by atoms with van der Waals surface area (Å²) in [7, 11) is 6.62. The number of hydrogen-bond donors (Lipinski definition) is 0. The van der Waals surface area contributed by atoms with E-state index in [4.69, 9.17) is 37.9 Å². The van der Waals surface area contributed by atoms with Crippen molar-refractivity contribution in [2.75, 3.05) is 28.4 Å². The van der Waals surface area contributed by atoms with Crippen molar-refractivity contribution in [3.8, 4) is 80.1 Å². The van der Waals surface area contributed by atoms with Gasteiger partial charge in [0, 0.05) is 26.5 Å². The van der Waals surface area contributed by atoms with Crippen LogP contribution in [0.4, 0.5) is 0 Å². The summed E-state index contributed by atoms with van der Waals surface area (Å²) in [6, 6.07) is 57.6. The van der Waals surface area contributed by atoms with Gasteiger partial charge in [-0.2, -0.15) is 0 Å². The number of allylic oxidation sites excluding steroid dienone is 4. The topological polar surface area (TPSA) is 73.8 Å². The largest absolute Gasteiger partial charge is 0.497 e. The second-order valence-corrected chi connectivity index (χ2v) is 17.3. The van der Waals surface area contributed by atoms with E-state index >= 15 is 0 Å². The van der Waals surface area contributed by atoms with E-state index in [2.05, 4.69) is 102 Å². The van der Waals surface area contributed by atoms with E-state index < -0.39 is 0 Å². The summed E-state index contributed by atoms with van der Waals surface area (Å²) in [4.78, 5) is 0. The third kappa shape index (κ3) is 10.6. The Morgan fingerprint density at radius 1 is 0.397 bits per heavy atom. The summed E-state index contributed by atoms with van der Waals surface area (Å²) < 4.78 is 48.9. The molecule has 340 valence electrons. The summed E-state index contributed by atoms with van der Waals surface area (Å²) in [6.45, 7) is 2.10. The smallest absolute Gasteiger partial charge is 0.134 e. The minimum Gasteiger partial charge on any atom is -0.497 e. The van der Waals surface area contributed by atoms with Crippen LogP contribution in [0.2, 0.25) is 0 Å². The molecular weight excluding hydrogens is 964 g/mol. The molecule has 0 saturated carbocycles. The van der Waals surface area contributed by atoms with E-state index in [1.165, 1.54) is 0 Å². The molecule has 8 nitrogen and oxygen atoms in total. The first kappa shape index (κ1) is 45.5. The van der Waals surface area contributed by atoms with Crippen LogP contribution in [0.1, 0.15) is 28.2 Å². The summed E-state index contributed by atoms with van der Waals surface area (Å²) in [5.74, 6) is 8.42. The number of aryl methyl sites for hydroxylation is 1. The number of benzene rings is 8. The Bertz CT molecular complexity index is 3040. The van der Waals surface area contributed by atoms with Crippen LogP contribution in [0.5, 0.6) is 69.0 Å². The summed E-state index contributed by atoms with van der Waals surface area (Å²) in [5, 5.41) is 0. The molecule has 8 aromatic rings. The van der Waals surface area contributed by atoms with Gasteiger partial charge in [-0.05, 0) is 203 Å². The maximum Gasteiger partial charge on any atom is 0.134 e. The zero-order chi connectivity index (χ0) is 47.0. The maximum absolute atomic E-state index is 6.92. The molecule has 0 amide bonds. The van der Waals surface area contributed by atoms with Gasteiger partial charge in [0.15, 0.2) is 0 Å². The fourth-order valence-corrected chi connectivity index (χ4v) is 9.03. The predicted molar refractivity (Wildman–Crippen MR) is 277 cm³/mol. The van der Waals surface area contributed by atoms with E-state index in [1.54, 1.807) is 28.4 Å². The highest BCUT2D eigenvalue weighted by Crippen LogP contribution is 2.49. The monoisotopic (exact) mass is 1010 g/mol. The Hall–Kier alpha value is -7.63. The molecule has 1 aliphatic carbocycles. The van der Waals surface area contributed by atoms with Crippen LogP contribution >= 0.6 is 22.6 Å². The fourth-order valence-electron chi connectivity index (χ4n) is 8.23. The highest BCUT2D eigenvalue weighted by molar-refractivity contribution is 14.1. The van der Waals surface area contributed by atoms with Gasteiger partial charge in [-0.25, -0.2) is 0 Å². The van der Waals surface area contributed by atoms with Crippen molar-refractivity contribution < 1.29 is 37.9 Å². The predicted octanol–water partition coefficient (Wildman–Crippen LogP) is 15.9. The van der Waals surface area contributed by atoms with E-state index in [1.807, 2.05) is 121 Å². The van der Waals surface area contributed by atoms with Crippen LogP contribution in [-0.4, -0.2) is 28.4 Å². The van der Waals surface area contributed by atoms with Crippen LogP contribution in [-0.2, 0) is 0 Å². The first-order valence-corrected chi connectivity index (χ1v) is 23.2. The minimum atomic E-state index is -0.283. The lowest BCUT2D eigenvalue weighted by molar-refractivity contribution is 0.412. The van der Waals surface area contributed by atoms with Gasteiger partial charge < -0.3 is 37.9 Å². The molecule has 2 unspecified atom stereocenters. The summed E-state index contributed by atoms with van der Waals surface area (Å²) >= 11 is 2.41. The molecule has 0 bridgehead atoms. The van der Waals surface area contributed by atoms with E-state index in [0.29, 0.717) is 17.2 Å². The lowest BCUT2D eigenvalue weighted by Gasteiger charge is -2.28. The molecule has 0 aliphatic heterocycles. The Kier molecular flexibility index (Phi) is 14.0. The van der Waals surface area contributed by atoms with Gasteiger partial charge in [-0.1, -0.05) is 48.6 Å². The molecule has 0 radical (unpaired) electrons. The second-order valence-electron chi connectivity index (χ2n) is 16.1. The van der Waals surface area contributed by atoms with Crippen molar-refractivity contribution in [1.29, 1.82) is 0 Å². The standard InChI is InChI=1S/C59H49IO8/c1-38-34-44(60)37-56(59(38)68-54-31-23-48(64-5)24-32-54)58(43-7-6-41(35-43)39-8-13-49(14-9-39)65-51-25-17-45(61-2)18-26-51)55-36-42(12-33-57(55)67-53-29-21-47(63-4)22-30-53)40-10-15-50(16-11-40)66-52-27-19-46(62-3)20-28-52/h6-37,43,58H,1-5H3. The Morgan fingerprint density at radius 3 is 1.26 bits per heavy atom. The van der Waals surface area contributed by atoms with Gasteiger partial charge in [0.25, 0.3) is 0 Å². The molecule has 0 spiro atoms. The molecule has 0 N–H and O–H groups in total. The Labute approximate surface area is 411 Å². The van der Waals surface area contributed by atoms with Gasteiger partial charge in [0.2, 0.25) is 0 Å². The van der Waals surface area contributed by atoms with Crippen molar-refractivity contribution in [3.63, 3.8) is 0 Å². The molecule has 9 heteroatoms. The second kappa shape index (κ2) is 20.9. The van der Waals surface area contributed by atoms with Gasteiger partial charge in [0.05, 0.1) is 28.4 Å². The van der Waals surface area contributed by atoms with Gasteiger partial charge in [-0.3, -0.25) is 0 Å². The van der Waals surface area contributed by atoms with Crippen LogP contribution in [0.25, 0.3) is 16.7 Å². The highest BCUT2D eigenvalue weighted by Gasteiger charge is 2.32. The SMILES string of the molecule is COc1ccc(Oc2ccc(C3=CC(C(c4cc(-c5ccc(Oc6ccc(OC)cc6)cc5)ccc4Oc4ccc(OC)cc4)c4cc(I)cc(C)c4Oc4ccc(OC)cc4)C=C3)cc2)cc1. The molecule has 0 saturated heterocycles. The van der Waals surface area contributed by atoms with Gasteiger partial charge in [0.1, 0.15) is 69.0 Å². The quantitative estimate of drug-likeness (QED) is 0.0836. The van der Waals surface area contributed by atoms with Crippen LogP contribution in [0, 0.1) is 16.4 Å². The molecule has 1 aliphatic rings. The van der Waals surface area contributed by atoms with E-state index in [0.717, 1.165) is 94.3 Å². The third-order valence-corrected chi connectivity index (χ3v) is 12.4. The number of halogens is 1. The van der Waals surface area contributed by atoms with Crippen molar-refractivity contribution >= 4 is 28.2 Å². The fraction of sp³-hybridized carbons (Fsp3) is 0.119. The average molecular weight is 1010 g/mol. The Balaban J connectivity index is 1.14. The summed E-state index contributed by atoms with van der Waals surface area (Å²) in [5.41, 5.74) is 7.20. The van der Waals surface area contributed by atoms with Crippen molar-refractivity contribution in [2.45, 2.75) is 12.8 Å². The van der Waals surface area contributed by atoms with Gasteiger partial charge >= 0.3 is 0 Å². The molecule has 0 aromatic heterocycles. The first-order chi connectivity index (χ1) is 33.2. The van der Waals surface area contributed by atoms with E-state index in [-0.39, 0.29) is 11.8 Å². The lowest BCUT2D eigenvalue weighted by Crippen LogP contribution is -2.13. The molecule has 2 atom stereocenters. The molecule has 8 aromatic carbocycles. The molecule has 0 fully saturated rings. The molecule has 68 heavy (non-hydrogen) atoms. The highest BCUT2D eigenvalue weighted by atomic mass is 127. The molecule has 0 heterocycles. The third-order valence-electron chi connectivity index (χ3n) is 11.7. The number of methoxy groups -OCH3 is 4. The molecule has 9 rings (SSSR count). The number of hydrogen-bond acceptors (Lipinski definition) is 8. The zero-order valence-corrected chi connectivity index (χ0v) is 40.4.